The SMILES string of the molecule is O=C1CCCCN1c1ccc(CNC2CCCC2C2COCCN2)cc1. The van der Waals surface area contributed by atoms with Crippen LogP contribution in [-0.4, -0.2) is 44.3 Å². The summed E-state index contributed by atoms with van der Waals surface area (Å²) in [7, 11) is 0. The van der Waals surface area contributed by atoms with Gasteiger partial charge < -0.3 is 20.3 Å². The molecule has 2 saturated heterocycles. The number of hydrogen-bond acceptors (Lipinski definition) is 4. The lowest BCUT2D eigenvalue weighted by Gasteiger charge is -2.33. The Morgan fingerprint density at radius 2 is 2.04 bits per heavy atom. The van der Waals surface area contributed by atoms with Crippen LogP contribution >= 0.6 is 0 Å². The van der Waals surface area contributed by atoms with Crippen LogP contribution in [0.25, 0.3) is 0 Å². The van der Waals surface area contributed by atoms with Gasteiger partial charge in [-0.3, -0.25) is 4.79 Å². The van der Waals surface area contributed by atoms with E-state index in [1.165, 1.54) is 24.8 Å². The molecule has 0 spiro atoms. The third kappa shape index (κ3) is 4.11. The molecule has 0 radical (unpaired) electrons. The van der Waals surface area contributed by atoms with Gasteiger partial charge in [0.05, 0.1) is 13.2 Å². The molecule has 1 aromatic rings. The maximum atomic E-state index is 12.1. The van der Waals surface area contributed by atoms with Crippen molar-refractivity contribution in [3.63, 3.8) is 0 Å². The van der Waals surface area contributed by atoms with Crippen molar-refractivity contribution in [2.24, 2.45) is 5.92 Å². The minimum Gasteiger partial charge on any atom is -0.379 e. The van der Waals surface area contributed by atoms with Crippen molar-refractivity contribution in [1.29, 1.82) is 0 Å². The summed E-state index contributed by atoms with van der Waals surface area (Å²) in [6.07, 6.45) is 6.66. The fraction of sp³-hybridized carbons (Fsp3) is 0.667. The molecule has 0 bridgehead atoms. The van der Waals surface area contributed by atoms with E-state index in [9.17, 15) is 4.79 Å². The molecule has 1 saturated carbocycles. The van der Waals surface area contributed by atoms with Gasteiger partial charge in [-0.2, -0.15) is 0 Å². The Morgan fingerprint density at radius 1 is 1.15 bits per heavy atom. The second kappa shape index (κ2) is 8.51. The van der Waals surface area contributed by atoms with E-state index >= 15 is 0 Å². The Bertz CT molecular complexity index is 598. The minimum absolute atomic E-state index is 0.262. The first-order valence-corrected chi connectivity index (χ1v) is 10.2. The summed E-state index contributed by atoms with van der Waals surface area (Å²) in [5.74, 6) is 0.929. The number of rotatable bonds is 5. The Balaban J connectivity index is 1.32. The fourth-order valence-electron chi connectivity index (χ4n) is 4.71. The standard InChI is InChI=1S/C21H31N3O2/c25-21-6-1-2-12-24(21)17-9-7-16(8-10-17)14-23-19-5-3-4-18(19)20-15-26-13-11-22-20/h7-10,18-20,22-23H,1-6,11-15H2. The number of morpholine rings is 1. The molecule has 4 rings (SSSR count). The van der Waals surface area contributed by atoms with Gasteiger partial charge in [-0.05, 0) is 49.3 Å². The first-order chi connectivity index (χ1) is 12.8. The van der Waals surface area contributed by atoms with Crippen molar-refractivity contribution in [2.75, 3.05) is 31.2 Å². The summed E-state index contributed by atoms with van der Waals surface area (Å²) in [4.78, 5) is 14.0. The minimum atomic E-state index is 0.262. The van der Waals surface area contributed by atoms with Crippen LogP contribution in [-0.2, 0) is 16.1 Å². The molecule has 1 aliphatic carbocycles. The fourth-order valence-corrected chi connectivity index (χ4v) is 4.71. The van der Waals surface area contributed by atoms with Crippen LogP contribution in [0.2, 0.25) is 0 Å². The highest BCUT2D eigenvalue weighted by Crippen LogP contribution is 2.30. The van der Waals surface area contributed by atoms with E-state index in [2.05, 4.69) is 34.9 Å². The second-order valence-corrected chi connectivity index (χ2v) is 7.89. The van der Waals surface area contributed by atoms with E-state index in [1.807, 2.05) is 4.90 Å². The van der Waals surface area contributed by atoms with E-state index < -0.39 is 0 Å². The maximum absolute atomic E-state index is 12.1. The van der Waals surface area contributed by atoms with Gasteiger partial charge >= 0.3 is 0 Å². The second-order valence-electron chi connectivity index (χ2n) is 7.89. The van der Waals surface area contributed by atoms with Crippen LogP contribution in [0.1, 0.15) is 44.1 Å². The lowest BCUT2D eigenvalue weighted by atomic mass is 9.94. The van der Waals surface area contributed by atoms with E-state index in [4.69, 9.17) is 4.74 Å². The Labute approximate surface area is 156 Å². The van der Waals surface area contributed by atoms with Gasteiger partial charge in [0.2, 0.25) is 5.91 Å². The zero-order valence-corrected chi connectivity index (χ0v) is 15.6. The highest BCUT2D eigenvalue weighted by molar-refractivity contribution is 5.93. The van der Waals surface area contributed by atoms with Gasteiger partial charge in [-0.1, -0.05) is 18.6 Å². The molecule has 1 amide bonds. The molecule has 5 heteroatoms. The van der Waals surface area contributed by atoms with Gasteiger partial charge in [-0.25, -0.2) is 0 Å². The van der Waals surface area contributed by atoms with Crippen LogP contribution in [0.15, 0.2) is 24.3 Å². The van der Waals surface area contributed by atoms with Crippen molar-refractivity contribution in [2.45, 2.75) is 57.2 Å². The van der Waals surface area contributed by atoms with Crippen LogP contribution in [0.4, 0.5) is 5.69 Å². The molecule has 3 fully saturated rings. The summed E-state index contributed by atoms with van der Waals surface area (Å²) >= 11 is 0. The molecule has 2 N–H and O–H groups in total. The van der Waals surface area contributed by atoms with Crippen LogP contribution in [0.5, 0.6) is 0 Å². The van der Waals surface area contributed by atoms with Crippen molar-refractivity contribution in [1.82, 2.24) is 10.6 Å². The third-order valence-electron chi connectivity index (χ3n) is 6.18. The van der Waals surface area contributed by atoms with Crippen LogP contribution in [0, 0.1) is 5.92 Å². The molecular formula is C21H31N3O2. The predicted octanol–water partition coefficient (Wildman–Crippen LogP) is 2.45. The number of carbonyl (C=O) groups excluding carboxylic acids is 1. The number of ether oxygens (including phenoxy) is 1. The smallest absolute Gasteiger partial charge is 0.226 e. The summed E-state index contributed by atoms with van der Waals surface area (Å²) in [6.45, 7) is 4.42. The summed E-state index contributed by atoms with van der Waals surface area (Å²) < 4.78 is 5.66. The van der Waals surface area contributed by atoms with E-state index in [-0.39, 0.29) is 5.91 Å². The predicted molar refractivity (Wildman–Crippen MR) is 103 cm³/mol. The van der Waals surface area contributed by atoms with E-state index in [1.54, 1.807) is 0 Å². The number of anilines is 1. The van der Waals surface area contributed by atoms with Crippen molar-refractivity contribution in [3.8, 4) is 0 Å². The normalized spacial score (nSPS) is 29.9. The van der Waals surface area contributed by atoms with E-state index in [0.717, 1.165) is 51.4 Å². The van der Waals surface area contributed by atoms with Crippen molar-refractivity contribution < 1.29 is 9.53 Å². The highest BCUT2D eigenvalue weighted by Gasteiger charge is 2.34. The van der Waals surface area contributed by atoms with Gasteiger partial charge in [-0.15, -0.1) is 0 Å². The van der Waals surface area contributed by atoms with Crippen molar-refractivity contribution in [3.05, 3.63) is 29.8 Å². The number of amides is 1. The quantitative estimate of drug-likeness (QED) is 0.850. The van der Waals surface area contributed by atoms with Gasteiger partial charge in [0.25, 0.3) is 0 Å². The molecule has 0 aromatic heterocycles. The molecule has 142 valence electrons. The molecule has 3 atom stereocenters. The highest BCUT2D eigenvalue weighted by atomic mass is 16.5. The van der Waals surface area contributed by atoms with Crippen molar-refractivity contribution >= 4 is 11.6 Å². The molecule has 2 aliphatic heterocycles. The Hall–Kier alpha value is -1.43. The van der Waals surface area contributed by atoms with E-state index in [0.29, 0.717) is 24.4 Å². The van der Waals surface area contributed by atoms with Gasteiger partial charge in [0.1, 0.15) is 0 Å². The lowest BCUT2D eigenvalue weighted by Crippen LogP contribution is -2.50. The molecule has 3 unspecified atom stereocenters. The molecular weight excluding hydrogens is 326 g/mol. The zero-order valence-electron chi connectivity index (χ0n) is 15.6. The number of hydrogen-bond donors (Lipinski definition) is 2. The Morgan fingerprint density at radius 3 is 2.81 bits per heavy atom. The van der Waals surface area contributed by atoms with Crippen LogP contribution in [0.3, 0.4) is 0 Å². The average molecular weight is 357 g/mol. The largest absolute Gasteiger partial charge is 0.379 e. The topological polar surface area (TPSA) is 53.6 Å². The van der Waals surface area contributed by atoms with Gasteiger partial charge in [0.15, 0.2) is 0 Å². The lowest BCUT2D eigenvalue weighted by molar-refractivity contribution is -0.119. The molecule has 5 nitrogen and oxygen atoms in total. The number of benzene rings is 1. The molecule has 3 aliphatic rings. The first kappa shape index (κ1) is 18.0. The number of nitrogens with one attached hydrogen (secondary N) is 2. The Kier molecular flexibility index (Phi) is 5.88. The summed E-state index contributed by atoms with van der Waals surface area (Å²) in [6, 6.07) is 9.59. The summed E-state index contributed by atoms with van der Waals surface area (Å²) in [5.41, 5.74) is 2.33. The maximum Gasteiger partial charge on any atom is 0.226 e. The monoisotopic (exact) mass is 357 g/mol. The number of piperidine rings is 1. The average Bonchev–Trinajstić information content (AvgIpc) is 3.17. The molecule has 2 heterocycles. The number of nitrogens with zero attached hydrogens (tertiary/aromatic N) is 1. The zero-order chi connectivity index (χ0) is 17.8. The van der Waals surface area contributed by atoms with Crippen LogP contribution < -0.4 is 15.5 Å². The molecule has 26 heavy (non-hydrogen) atoms. The first-order valence-electron chi connectivity index (χ1n) is 10.2. The third-order valence-corrected chi connectivity index (χ3v) is 6.18. The molecule has 1 aromatic carbocycles. The number of carbonyl (C=O) groups is 1. The van der Waals surface area contributed by atoms with Gasteiger partial charge in [0, 0.05) is 43.8 Å². The summed E-state index contributed by atoms with van der Waals surface area (Å²) in [5, 5.41) is 7.41.